The fraction of sp³-hybridized carbons (Fsp3) is 0.364. The molecule has 0 aromatic heterocycles. The monoisotopic (exact) mass is 371 g/mol. The highest BCUT2D eigenvalue weighted by molar-refractivity contribution is 9.10. The second kappa shape index (κ2) is 6.98. The molecule has 1 aromatic rings. The Kier molecular flexibility index (Phi) is 5.88. The third kappa shape index (κ3) is 5.04. The molecular weight excluding hydrogens is 360 g/mol. The van der Waals surface area contributed by atoms with E-state index in [1.165, 1.54) is 7.11 Å². The fourth-order valence-corrected chi connectivity index (χ4v) is 2.79. The molecule has 0 unspecified atom stereocenters. The molecule has 0 radical (unpaired) electrons. The maximum absolute atomic E-state index is 13.4. The largest absolute Gasteiger partial charge is 0.469 e. The van der Waals surface area contributed by atoms with Crippen molar-refractivity contribution in [1.29, 1.82) is 0 Å². The van der Waals surface area contributed by atoms with Crippen LogP contribution in [0.2, 0.25) is 0 Å². The molecule has 0 aliphatic rings. The molecule has 0 aliphatic heterocycles. The molecule has 0 atom stereocenters. The summed E-state index contributed by atoms with van der Waals surface area (Å²) in [5.74, 6) is -2.77. The highest BCUT2D eigenvalue weighted by Gasteiger charge is 2.16. The first-order valence-electron chi connectivity index (χ1n) is 5.47. The van der Waals surface area contributed by atoms with E-state index in [0.29, 0.717) is 6.07 Å². The minimum atomic E-state index is -3.83. The zero-order chi connectivity index (χ0) is 15.3. The van der Waals surface area contributed by atoms with Gasteiger partial charge in [-0.2, -0.15) is 0 Å². The van der Waals surface area contributed by atoms with Crippen LogP contribution < -0.4 is 4.72 Å². The first-order chi connectivity index (χ1) is 9.25. The normalized spacial score (nSPS) is 11.2. The average Bonchev–Trinajstić information content (AvgIpc) is 2.35. The Bertz CT molecular complexity index is 607. The smallest absolute Gasteiger partial charge is 0.305 e. The lowest BCUT2D eigenvalue weighted by molar-refractivity contribution is -0.140. The first kappa shape index (κ1) is 16.8. The van der Waals surface area contributed by atoms with Gasteiger partial charge < -0.3 is 4.74 Å². The molecule has 0 fully saturated rings. The van der Waals surface area contributed by atoms with Crippen molar-refractivity contribution < 1.29 is 26.7 Å². The van der Waals surface area contributed by atoms with Crippen molar-refractivity contribution in [1.82, 2.24) is 0 Å². The first-order valence-corrected chi connectivity index (χ1v) is 7.91. The number of carbonyl (C=O) groups excluding carboxylic acids is 1. The highest BCUT2D eigenvalue weighted by Crippen LogP contribution is 2.24. The molecule has 9 heteroatoms. The summed E-state index contributed by atoms with van der Waals surface area (Å²) in [4.78, 5) is 10.8. The van der Waals surface area contributed by atoms with Gasteiger partial charge >= 0.3 is 5.97 Å². The third-order valence-corrected chi connectivity index (χ3v) is 4.26. The molecule has 0 saturated heterocycles. The van der Waals surface area contributed by atoms with E-state index in [0.717, 1.165) is 6.07 Å². The second-order valence-electron chi connectivity index (χ2n) is 3.85. The Morgan fingerprint density at radius 3 is 2.60 bits per heavy atom. The van der Waals surface area contributed by atoms with Crippen LogP contribution in [0, 0.1) is 11.6 Å². The van der Waals surface area contributed by atoms with Gasteiger partial charge in [-0.1, -0.05) is 0 Å². The number of esters is 1. The van der Waals surface area contributed by atoms with Gasteiger partial charge in [-0.15, -0.1) is 0 Å². The molecular formula is C11H12BrF2NO4S. The maximum atomic E-state index is 13.4. The molecule has 20 heavy (non-hydrogen) atoms. The maximum Gasteiger partial charge on any atom is 0.305 e. The summed E-state index contributed by atoms with van der Waals surface area (Å²) < 4.78 is 56.1. The Labute approximate surface area is 123 Å². The predicted molar refractivity (Wildman–Crippen MR) is 72.7 cm³/mol. The molecule has 1 N–H and O–H groups in total. The van der Waals surface area contributed by atoms with E-state index in [4.69, 9.17) is 0 Å². The second-order valence-corrected chi connectivity index (χ2v) is 6.54. The third-order valence-electron chi connectivity index (χ3n) is 2.30. The minimum absolute atomic E-state index is 0.0337. The summed E-state index contributed by atoms with van der Waals surface area (Å²) in [6, 6.07) is 1.55. The Morgan fingerprint density at radius 1 is 1.35 bits per heavy atom. The zero-order valence-electron chi connectivity index (χ0n) is 10.5. The van der Waals surface area contributed by atoms with Gasteiger partial charge in [0.25, 0.3) is 0 Å². The van der Waals surface area contributed by atoms with Crippen molar-refractivity contribution in [3.8, 4) is 0 Å². The number of halogens is 3. The Morgan fingerprint density at radius 2 is 2.00 bits per heavy atom. The van der Waals surface area contributed by atoms with Crippen molar-refractivity contribution in [2.24, 2.45) is 0 Å². The summed E-state index contributed by atoms with van der Waals surface area (Å²) in [5, 5.41) is 0. The predicted octanol–water partition coefficient (Wildman–Crippen LogP) is 2.42. The van der Waals surface area contributed by atoms with Crippen LogP contribution in [0.15, 0.2) is 16.6 Å². The number of nitrogens with one attached hydrogen (secondary N) is 1. The number of carbonyl (C=O) groups is 1. The fourth-order valence-electron chi connectivity index (χ4n) is 1.33. The highest BCUT2D eigenvalue weighted by atomic mass is 79.9. The Hall–Kier alpha value is -1.22. The Balaban J connectivity index is 2.71. The van der Waals surface area contributed by atoms with E-state index in [1.807, 2.05) is 4.72 Å². The molecule has 0 spiro atoms. The van der Waals surface area contributed by atoms with Gasteiger partial charge in [-0.3, -0.25) is 9.52 Å². The van der Waals surface area contributed by atoms with E-state index in [1.54, 1.807) is 0 Å². The van der Waals surface area contributed by atoms with Crippen molar-refractivity contribution >= 4 is 37.6 Å². The van der Waals surface area contributed by atoms with Crippen LogP contribution in [0.1, 0.15) is 12.8 Å². The van der Waals surface area contributed by atoms with Gasteiger partial charge in [0.2, 0.25) is 10.0 Å². The van der Waals surface area contributed by atoms with E-state index < -0.39 is 27.6 Å². The van der Waals surface area contributed by atoms with Crippen molar-refractivity contribution in [2.45, 2.75) is 12.8 Å². The number of rotatable bonds is 6. The molecule has 5 nitrogen and oxygen atoms in total. The average molecular weight is 372 g/mol. The zero-order valence-corrected chi connectivity index (χ0v) is 12.9. The molecule has 0 saturated carbocycles. The molecule has 1 rings (SSSR count). The van der Waals surface area contributed by atoms with E-state index in [9.17, 15) is 22.0 Å². The summed E-state index contributed by atoms with van der Waals surface area (Å²) >= 11 is 2.83. The molecule has 0 amide bonds. The van der Waals surface area contributed by atoms with Crippen LogP contribution in [-0.2, 0) is 19.6 Å². The van der Waals surface area contributed by atoms with Crippen LogP contribution in [-0.4, -0.2) is 27.2 Å². The quantitative estimate of drug-likeness (QED) is 0.615. The number of sulfonamides is 1. The SMILES string of the molecule is COC(=O)CCCS(=O)(=O)Nc1cc(Br)c(F)cc1F. The summed E-state index contributed by atoms with van der Waals surface area (Å²) in [7, 11) is -2.64. The lowest BCUT2D eigenvalue weighted by atomic mass is 10.3. The van der Waals surface area contributed by atoms with E-state index >= 15 is 0 Å². The number of ether oxygens (including phenoxy) is 1. The van der Waals surface area contributed by atoms with Crippen LogP contribution >= 0.6 is 15.9 Å². The lowest BCUT2D eigenvalue weighted by Gasteiger charge is -2.09. The number of hydrogen-bond donors (Lipinski definition) is 1. The molecule has 0 heterocycles. The standard InChI is InChI=1S/C11H12BrF2NO4S/c1-19-11(16)3-2-4-20(17,18)15-10-5-7(12)8(13)6-9(10)14/h5-6,15H,2-4H2,1H3. The van der Waals surface area contributed by atoms with Gasteiger partial charge in [0.15, 0.2) is 0 Å². The van der Waals surface area contributed by atoms with Crippen molar-refractivity contribution in [3.05, 3.63) is 28.2 Å². The van der Waals surface area contributed by atoms with Gasteiger partial charge in [0, 0.05) is 12.5 Å². The van der Waals surface area contributed by atoms with Crippen molar-refractivity contribution in [3.63, 3.8) is 0 Å². The van der Waals surface area contributed by atoms with Gasteiger partial charge in [0.05, 0.1) is 23.0 Å². The lowest BCUT2D eigenvalue weighted by Crippen LogP contribution is -2.18. The molecule has 1 aromatic carbocycles. The van der Waals surface area contributed by atoms with Gasteiger partial charge in [-0.05, 0) is 28.4 Å². The number of hydrogen-bond acceptors (Lipinski definition) is 4. The summed E-state index contributed by atoms with van der Waals surface area (Å²) in [6.07, 6.45) is -0.0288. The molecule has 0 aliphatic carbocycles. The number of benzene rings is 1. The van der Waals surface area contributed by atoms with Crippen LogP contribution in [0.25, 0.3) is 0 Å². The molecule has 0 bridgehead atoms. The van der Waals surface area contributed by atoms with Gasteiger partial charge in [0.1, 0.15) is 11.6 Å². The number of anilines is 1. The van der Waals surface area contributed by atoms with Gasteiger partial charge in [-0.25, -0.2) is 17.2 Å². The topological polar surface area (TPSA) is 72.5 Å². The summed E-state index contributed by atoms with van der Waals surface area (Å²) in [6.45, 7) is 0. The summed E-state index contributed by atoms with van der Waals surface area (Å²) in [5.41, 5.74) is -0.364. The molecule has 112 valence electrons. The minimum Gasteiger partial charge on any atom is -0.469 e. The number of methoxy groups -OCH3 is 1. The van der Waals surface area contributed by atoms with Crippen molar-refractivity contribution in [2.75, 3.05) is 17.6 Å². The van der Waals surface area contributed by atoms with E-state index in [2.05, 4.69) is 20.7 Å². The van der Waals surface area contributed by atoms with Crippen LogP contribution in [0.3, 0.4) is 0 Å². The van der Waals surface area contributed by atoms with Crippen LogP contribution in [0.5, 0.6) is 0 Å². The van der Waals surface area contributed by atoms with E-state index in [-0.39, 0.29) is 28.8 Å². The van der Waals surface area contributed by atoms with Crippen LogP contribution in [0.4, 0.5) is 14.5 Å².